The molecule has 0 unspecified atom stereocenters. The molecule has 2 heteroatoms. The summed E-state index contributed by atoms with van der Waals surface area (Å²) in [6.45, 7) is 14.7. The molecule has 0 spiro atoms. The van der Waals surface area contributed by atoms with Crippen LogP contribution in [-0.4, -0.2) is 11.8 Å². The number of nitrogens with zero attached hydrogens (tertiary/aromatic N) is 1. The lowest BCUT2D eigenvalue weighted by Gasteiger charge is -2.35. The molecule has 0 amide bonds. The molecule has 18 heavy (non-hydrogen) atoms. The molecule has 1 atom stereocenters. The molecule has 0 aliphatic heterocycles. The number of ether oxygens (including phenoxy) is 1. The molecule has 0 fully saturated rings. The minimum Gasteiger partial charge on any atom is -0.350 e. The van der Waals surface area contributed by atoms with E-state index in [4.69, 9.17) is 10.1 Å². The standard InChI is InChI=1S/C16H26NO/c1-12-8-10-13(11-9-12)17-14(15(2,3)4)18-16(5,6)7/h8-11,14H,1-7H3/t14-/m0/s1. The molecule has 0 aromatic heterocycles. The van der Waals surface area contributed by atoms with Crippen LogP contribution in [0.3, 0.4) is 0 Å². The Morgan fingerprint density at radius 2 is 1.44 bits per heavy atom. The van der Waals surface area contributed by atoms with Crippen molar-refractivity contribution in [2.24, 2.45) is 5.41 Å². The minimum absolute atomic E-state index is 0.0157. The summed E-state index contributed by atoms with van der Waals surface area (Å²) in [6, 6.07) is 8.24. The molecule has 2 nitrogen and oxygen atoms in total. The third-order valence-electron chi connectivity index (χ3n) is 2.51. The summed E-state index contributed by atoms with van der Waals surface area (Å²) in [4.78, 5) is 0. The van der Waals surface area contributed by atoms with Gasteiger partial charge in [0.05, 0.1) is 11.3 Å². The highest BCUT2D eigenvalue weighted by atomic mass is 16.5. The lowest BCUT2D eigenvalue weighted by molar-refractivity contribution is -0.115. The Morgan fingerprint density at radius 1 is 0.944 bits per heavy atom. The first kappa shape index (κ1) is 15.0. The van der Waals surface area contributed by atoms with Crippen molar-refractivity contribution in [1.82, 2.24) is 5.32 Å². The number of aryl methyl sites for hydroxylation is 1. The van der Waals surface area contributed by atoms with Crippen LogP contribution in [0.5, 0.6) is 0 Å². The average Bonchev–Trinajstić information content (AvgIpc) is 2.17. The van der Waals surface area contributed by atoms with E-state index in [1.807, 2.05) is 12.1 Å². The molecule has 0 bridgehead atoms. The number of benzene rings is 1. The number of hydrogen-bond donors (Lipinski definition) is 0. The van der Waals surface area contributed by atoms with Gasteiger partial charge >= 0.3 is 0 Å². The molecule has 1 aromatic carbocycles. The SMILES string of the molecule is Cc1ccc([N][C@@H](OC(C)(C)C)C(C)(C)C)cc1. The Balaban J connectivity index is 2.82. The van der Waals surface area contributed by atoms with Crippen LogP contribution in [0.2, 0.25) is 0 Å². The van der Waals surface area contributed by atoms with Gasteiger partial charge in [-0.25, -0.2) is 0 Å². The van der Waals surface area contributed by atoms with Gasteiger partial charge in [-0.05, 0) is 39.8 Å². The highest BCUT2D eigenvalue weighted by Crippen LogP contribution is 2.28. The van der Waals surface area contributed by atoms with Gasteiger partial charge in [-0.1, -0.05) is 38.5 Å². The highest BCUT2D eigenvalue weighted by molar-refractivity contribution is 5.37. The first-order chi connectivity index (χ1) is 8.08. The second-order valence-corrected chi connectivity index (χ2v) is 6.91. The van der Waals surface area contributed by atoms with E-state index in [1.165, 1.54) is 5.56 Å². The Bertz CT molecular complexity index is 368. The van der Waals surface area contributed by atoms with Gasteiger partial charge in [-0.2, -0.15) is 0 Å². The Morgan fingerprint density at radius 3 is 1.83 bits per heavy atom. The third kappa shape index (κ3) is 5.09. The van der Waals surface area contributed by atoms with E-state index in [2.05, 4.69) is 60.6 Å². The van der Waals surface area contributed by atoms with Crippen LogP contribution in [0.1, 0.15) is 47.1 Å². The molecule has 1 radical (unpaired) electrons. The average molecular weight is 248 g/mol. The Labute approximate surface area is 112 Å². The zero-order valence-corrected chi connectivity index (χ0v) is 12.7. The summed E-state index contributed by atoms with van der Waals surface area (Å²) < 4.78 is 6.07. The monoisotopic (exact) mass is 248 g/mol. The van der Waals surface area contributed by atoms with E-state index in [0.717, 1.165) is 5.69 Å². The predicted octanol–water partition coefficient (Wildman–Crippen LogP) is 4.42. The normalized spacial score (nSPS) is 14.4. The molecule has 0 heterocycles. The lowest BCUT2D eigenvalue weighted by atomic mass is 9.93. The fraction of sp³-hybridized carbons (Fsp3) is 0.625. The summed E-state index contributed by atoms with van der Waals surface area (Å²) in [6.07, 6.45) is -0.139. The van der Waals surface area contributed by atoms with Gasteiger partial charge in [0.25, 0.3) is 0 Å². The smallest absolute Gasteiger partial charge is 0.154 e. The lowest BCUT2D eigenvalue weighted by Crippen LogP contribution is -2.41. The quantitative estimate of drug-likeness (QED) is 0.776. The van der Waals surface area contributed by atoms with Crippen LogP contribution in [0.4, 0.5) is 5.69 Å². The molecule has 0 aliphatic rings. The summed E-state index contributed by atoms with van der Waals surface area (Å²) in [5.74, 6) is 0. The zero-order chi connectivity index (χ0) is 14.0. The first-order valence-corrected chi connectivity index (χ1v) is 6.53. The van der Waals surface area contributed by atoms with Crippen LogP contribution >= 0.6 is 0 Å². The van der Waals surface area contributed by atoms with Crippen molar-refractivity contribution in [3.8, 4) is 0 Å². The molecule has 0 saturated heterocycles. The Hall–Kier alpha value is -1.02. The maximum atomic E-state index is 6.07. The van der Waals surface area contributed by atoms with Crippen molar-refractivity contribution < 1.29 is 4.74 Å². The second-order valence-electron chi connectivity index (χ2n) is 6.91. The van der Waals surface area contributed by atoms with E-state index >= 15 is 0 Å². The van der Waals surface area contributed by atoms with Gasteiger partial charge < -0.3 is 4.74 Å². The van der Waals surface area contributed by atoms with E-state index in [0.29, 0.717) is 0 Å². The Kier molecular flexibility index (Phi) is 4.44. The molecular weight excluding hydrogens is 222 g/mol. The maximum absolute atomic E-state index is 6.07. The van der Waals surface area contributed by atoms with Crippen molar-refractivity contribution in [3.63, 3.8) is 0 Å². The molecule has 101 valence electrons. The predicted molar refractivity (Wildman–Crippen MR) is 77.1 cm³/mol. The van der Waals surface area contributed by atoms with E-state index < -0.39 is 0 Å². The number of hydrogen-bond acceptors (Lipinski definition) is 1. The van der Waals surface area contributed by atoms with E-state index in [9.17, 15) is 0 Å². The molecule has 0 aliphatic carbocycles. The molecule has 1 rings (SSSR count). The summed E-state index contributed by atoms with van der Waals surface area (Å²) in [5.41, 5.74) is 2.02. The van der Waals surface area contributed by atoms with Crippen LogP contribution in [0.25, 0.3) is 0 Å². The summed E-state index contributed by atoms with van der Waals surface area (Å²) in [7, 11) is 0. The van der Waals surface area contributed by atoms with Crippen molar-refractivity contribution in [2.45, 2.75) is 60.3 Å². The third-order valence-corrected chi connectivity index (χ3v) is 2.51. The van der Waals surface area contributed by atoms with E-state index in [1.54, 1.807) is 0 Å². The molecular formula is C16H26NO. The van der Waals surface area contributed by atoms with Gasteiger partial charge in [-0.15, -0.1) is 0 Å². The fourth-order valence-electron chi connectivity index (χ4n) is 1.50. The van der Waals surface area contributed by atoms with Crippen LogP contribution in [0, 0.1) is 12.3 Å². The topological polar surface area (TPSA) is 23.3 Å². The molecule has 0 N–H and O–H groups in total. The van der Waals surface area contributed by atoms with Gasteiger partial charge in [0, 0.05) is 5.41 Å². The van der Waals surface area contributed by atoms with Crippen molar-refractivity contribution >= 4 is 5.69 Å². The van der Waals surface area contributed by atoms with Crippen molar-refractivity contribution in [1.29, 1.82) is 0 Å². The summed E-state index contributed by atoms with van der Waals surface area (Å²) in [5, 5.41) is 4.73. The maximum Gasteiger partial charge on any atom is 0.154 e. The fourth-order valence-corrected chi connectivity index (χ4v) is 1.50. The molecule has 0 saturated carbocycles. The number of rotatable bonds is 3. The van der Waals surface area contributed by atoms with Gasteiger partial charge in [0.1, 0.15) is 0 Å². The van der Waals surface area contributed by atoms with Gasteiger partial charge in [-0.3, -0.25) is 5.32 Å². The summed E-state index contributed by atoms with van der Waals surface area (Å²) >= 11 is 0. The van der Waals surface area contributed by atoms with Gasteiger partial charge in [0.15, 0.2) is 6.23 Å². The minimum atomic E-state index is -0.188. The largest absolute Gasteiger partial charge is 0.350 e. The molecule has 1 aromatic rings. The van der Waals surface area contributed by atoms with Gasteiger partial charge in [0.2, 0.25) is 0 Å². The first-order valence-electron chi connectivity index (χ1n) is 6.53. The second kappa shape index (κ2) is 5.31. The van der Waals surface area contributed by atoms with E-state index in [-0.39, 0.29) is 17.2 Å². The zero-order valence-electron chi connectivity index (χ0n) is 12.7. The van der Waals surface area contributed by atoms with Crippen molar-refractivity contribution in [2.75, 3.05) is 0 Å². The van der Waals surface area contributed by atoms with Crippen LogP contribution in [0.15, 0.2) is 24.3 Å². The highest BCUT2D eigenvalue weighted by Gasteiger charge is 2.30. The van der Waals surface area contributed by atoms with Crippen molar-refractivity contribution in [3.05, 3.63) is 29.8 Å². The van der Waals surface area contributed by atoms with Crippen LogP contribution in [-0.2, 0) is 4.74 Å². The van der Waals surface area contributed by atoms with Crippen LogP contribution < -0.4 is 5.32 Å².